The van der Waals surface area contributed by atoms with Crippen LogP contribution in [0.15, 0.2) is 17.2 Å². The molecule has 0 spiro atoms. The monoisotopic (exact) mass is 393 g/mol. The quantitative estimate of drug-likeness (QED) is 0.803. The van der Waals surface area contributed by atoms with E-state index in [4.69, 9.17) is 0 Å². The molecule has 0 aromatic carbocycles. The topological polar surface area (TPSA) is 63.9 Å². The van der Waals surface area contributed by atoms with Crippen molar-refractivity contribution in [3.8, 4) is 0 Å². The molecule has 6 nitrogen and oxygen atoms in total. The van der Waals surface area contributed by atoms with Crippen molar-refractivity contribution in [3.63, 3.8) is 0 Å². The Morgan fingerprint density at radius 3 is 2.61 bits per heavy atom. The normalized spacial score (nSPS) is 17.8. The maximum atomic E-state index is 12.7. The number of piperidine rings is 1. The van der Waals surface area contributed by atoms with Gasteiger partial charge in [0.25, 0.3) is 5.56 Å². The van der Waals surface area contributed by atoms with Gasteiger partial charge in [-0.1, -0.05) is 0 Å². The molecule has 2 aromatic rings. The van der Waals surface area contributed by atoms with E-state index in [1.807, 2.05) is 6.92 Å². The van der Waals surface area contributed by atoms with E-state index >= 15 is 0 Å². The molecule has 0 atom stereocenters. The second-order valence-electron chi connectivity index (χ2n) is 7.57. The highest BCUT2D eigenvalue weighted by Gasteiger charge is 2.33. The van der Waals surface area contributed by atoms with E-state index in [2.05, 4.69) is 19.9 Å². The van der Waals surface area contributed by atoms with Crippen LogP contribution in [0.25, 0.3) is 0 Å². The van der Waals surface area contributed by atoms with Crippen LogP contribution >= 0.6 is 0 Å². The highest BCUT2D eigenvalue weighted by Crippen LogP contribution is 2.31. The summed E-state index contributed by atoms with van der Waals surface area (Å²) in [6.07, 6.45) is 1.25. The van der Waals surface area contributed by atoms with E-state index in [-0.39, 0.29) is 5.92 Å². The van der Waals surface area contributed by atoms with Crippen LogP contribution in [0, 0.1) is 12.8 Å². The van der Waals surface area contributed by atoms with Gasteiger partial charge in [0, 0.05) is 37.0 Å². The Kier molecular flexibility index (Phi) is 4.84. The molecular weight excluding hydrogens is 371 g/mol. The lowest BCUT2D eigenvalue weighted by Gasteiger charge is -2.34. The molecular formula is C19H22F3N5O. The zero-order valence-electron chi connectivity index (χ0n) is 15.7. The number of nitrogens with zero attached hydrogens (tertiary/aromatic N) is 5. The SMILES string of the molecule is Cc1nc2c(c(N3CCC(Cn4cnc(C(F)(F)F)cc4=O)CC3)n1)CCC2. The van der Waals surface area contributed by atoms with Crippen LogP contribution in [0.3, 0.4) is 0 Å². The van der Waals surface area contributed by atoms with Crippen molar-refractivity contribution in [2.45, 2.75) is 51.7 Å². The van der Waals surface area contributed by atoms with Crippen molar-refractivity contribution in [2.24, 2.45) is 5.92 Å². The van der Waals surface area contributed by atoms with E-state index in [1.165, 1.54) is 10.1 Å². The minimum Gasteiger partial charge on any atom is -0.356 e. The number of aryl methyl sites for hydroxylation is 2. The summed E-state index contributed by atoms with van der Waals surface area (Å²) in [5.41, 5.74) is 0.616. The minimum absolute atomic E-state index is 0.225. The molecule has 0 amide bonds. The number of aromatic nitrogens is 4. The molecule has 0 unspecified atom stereocenters. The minimum atomic E-state index is -4.60. The number of hydrogen-bond acceptors (Lipinski definition) is 5. The van der Waals surface area contributed by atoms with E-state index in [0.717, 1.165) is 68.9 Å². The molecule has 1 fully saturated rings. The molecule has 1 aliphatic carbocycles. The molecule has 1 saturated heterocycles. The van der Waals surface area contributed by atoms with Crippen LogP contribution < -0.4 is 10.5 Å². The van der Waals surface area contributed by atoms with Crippen molar-refractivity contribution in [1.82, 2.24) is 19.5 Å². The van der Waals surface area contributed by atoms with Crippen LogP contribution in [0.4, 0.5) is 19.0 Å². The molecule has 1 aliphatic heterocycles. The lowest BCUT2D eigenvalue weighted by atomic mass is 9.96. The van der Waals surface area contributed by atoms with Gasteiger partial charge >= 0.3 is 6.18 Å². The molecule has 0 bridgehead atoms. The lowest BCUT2D eigenvalue weighted by molar-refractivity contribution is -0.141. The number of hydrogen-bond donors (Lipinski definition) is 0. The molecule has 2 aromatic heterocycles. The van der Waals surface area contributed by atoms with Crippen LogP contribution in [0.5, 0.6) is 0 Å². The summed E-state index contributed by atoms with van der Waals surface area (Å²) in [5, 5.41) is 0. The molecule has 2 aliphatic rings. The fourth-order valence-corrected chi connectivity index (χ4v) is 4.12. The average molecular weight is 393 g/mol. The number of anilines is 1. The highest BCUT2D eigenvalue weighted by atomic mass is 19.4. The summed E-state index contributed by atoms with van der Waals surface area (Å²) in [6, 6.07) is 0.572. The third-order valence-electron chi connectivity index (χ3n) is 5.56. The van der Waals surface area contributed by atoms with Crippen molar-refractivity contribution in [1.29, 1.82) is 0 Å². The van der Waals surface area contributed by atoms with Crippen LogP contribution in [-0.4, -0.2) is 32.6 Å². The largest absolute Gasteiger partial charge is 0.433 e. The molecule has 9 heteroatoms. The van der Waals surface area contributed by atoms with Gasteiger partial charge in [-0.3, -0.25) is 9.36 Å². The standard InChI is InChI=1S/C19H22F3N5O/c1-12-24-15-4-2-3-14(15)18(25-12)26-7-5-13(6-8-26)10-27-11-23-16(9-17(27)28)19(20,21)22/h9,11,13H,2-8,10H2,1H3. The van der Waals surface area contributed by atoms with Gasteiger partial charge in [-0.25, -0.2) is 15.0 Å². The Morgan fingerprint density at radius 1 is 1.18 bits per heavy atom. The van der Waals surface area contributed by atoms with Gasteiger partial charge in [-0.2, -0.15) is 13.2 Å². The van der Waals surface area contributed by atoms with Crippen molar-refractivity contribution < 1.29 is 13.2 Å². The second kappa shape index (κ2) is 7.18. The maximum Gasteiger partial charge on any atom is 0.433 e. The van der Waals surface area contributed by atoms with E-state index in [1.54, 1.807) is 0 Å². The van der Waals surface area contributed by atoms with Gasteiger partial charge in [-0.05, 0) is 44.9 Å². The van der Waals surface area contributed by atoms with Crippen molar-refractivity contribution in [2.75, 3.05) is 18.0 Å². The predicted octanol–water partition coefficient (Wildman–Crippen LogP) is 2.77. The van der Waals surface area contributed by atoms with E-state index < -0.39 is 17.4 Å². The third-order valence-corrected chi connectivity index (χ3v) is 5.56. The molecule has 3 heterocycles. The first kappa shape index (κ1) is 18.9. The Hall–Kier alpha value is -2.45. The first-order valence-electron chi connectivity index (χ1n) is 9.56. The third kappa shape index (κ3) is 3.74. The Balaban J connectivity index is 1.42. The summed E-state index contributed by atoms with van der Waals surface area (Å²) < 4.78 is 39.3. The molecule has 28 heavy (non-hydrogen) atoms. The second-order valence-corrected chi connectivity index (χ2v) is 7.57. The van der Waals surface area contributed by atoms with Gasteiger partial charge in [-0.15, -0.1) is 0 Å². The van der Waals surface area contributed by atoms with Crippen LogP contribution in [0.1, 0.15) is 42.0 Å². The summed E-state index contributed by atoms with van der Waals surface area (Å²) in [6.45, 7) is 3.93. The average Bonchev–Trinajstić information content (AvgIpc) is 3.11. The number of alkyl halides is 3. The molecule has 0 N–H and O–H groups in total. The van der Waals surface area contributed by atoms with Crippen molar-refractivity contribution in [3.05, 3.63) is 45.5 Å². The van der Waals surface area contributed by atoms with Crippen LogP contribution in [-0.2, 0) is 25.6 Å². The Labute approximate surface area is 160 Å². The smallest absolute Gasteiger partial charge is 0.356 e. The van der Waals surface area contributed by atoms with Crippen molar-refractivity contribution >= 4 is 5.82 Å². The van der Waals surface area contributed by atoms with Gasteiger partial charge in [0.05, 0.1) is 6.33 Å². The number of rotatable bonds is 3. The van der Waals surface area contributed by atoms with Gasteiger partial charge in [0.15, 0.2) is 5.69 Å². The summed E-state index contributed by atoms with van der Waals surface area (Å²) >= 11 is 0. The number of fused-ring (bicyclic) bond motifs is 1. The van der Waals surface area contributed by atoms with E-state index in [0.29, 0.717) is 12.6 Å². The van der Waals surface area contributed by atoms with Gasteiger partial charge in [0.1, 0.15) is 11.6 Å². The zero-order chi connectivity index (χ0) is 19.9. The fourth-order valence-electron chi connectivity index (χ4n) is 4.12. The zero-order valence-corrected chi connectivity index (χ0v) is 15.7. The van der Waals surface area contributed by atoms with Gasteiger partial charge < -0.3 is 4.90 Å². The predicted molar refractivity (Wildman–Crippen MR) is 97.2 cm³/mol. The maximum absolute atomic E-state index is 12.7. The lowest BCUT2D eigenvalue weighted by Crippen LogP contribution is -2.37. The first-order chi connectivity index (χ1) is 13.3. The summed E-state index contributed by atoms with van der Waals surface area (Å²) in [7, 11) is 0. The Morgan fingerprint density at radius 2 is 1.93 bits per heavy atom. The summed E-state index contributed by atoms with van der Waals surface area (Å²) in [4.78, 5) is 26.9. The number of halogens is 3. The van der Waals surface area contributed by atoms with Crippen LogP contribution in [0.2, 0.25) is 0 Å². The molecule has 4 rings (SSSR count). The Bertz CT molecular complexity index is 932. The highest BCUT2D eigenvalue weighted by molar-refractivity contribution is 5.51. The first-order valence-corrected chi connectivity index (χ1v) is 9.56. The molecule has 0 saturated carbocycles. The fraction of sp³-hybridized carbons (Fsp3) is 0.579. The molecule has 0 radical (unpaired) electrons. The molecule has 150 valence electrons. The van der Waals surface area contributed by atoms with Gasteiger partial charge in [0.2, 0.25) is 0 Å². The van der Waals surface area contributed by atoms with E-state index in [9.17, 15) is 18.0 Å². The summed E-state index contributed by atoms with van der Waals surface area (Å²) in [5.74, 6) is 2.05.